The largest absolute Gasteiger partial charge is 0.398 e. The summed E-state index contributed by atoms with van der Waals surface area (Å²) in [4.78, 5) is 4.84. The Morgan fingerprint density at radius 2 is 2.17 bits per heavy atom. The molecule has 1 aromatic heterocycles. The summed E-state index contributed by atoms with van der Waals surface area (Å²) in [5.74, 6) is 0.457. The number of ether oxygens (including phenoxy) is 1. The van der Waals surface area contributed by atoms with Crippen molar-refractivity contribution in [3.8, 4) is 0 Å². The maximum absolute atomic E-state index is 6.29. The van der Waals surface area contributed by atoms with Crippen LogP contribution in [0.15, 0.2) is 18.2 Å². The molecule has 0 fully saturated rings. The highest BCUT2D eigenvalue weighted by Crippen LogP contribution is 2.32. The van der Waals surface area contributed by atoms with Gasteiger partial charge in [0.1, 0.15) is 0 Å². The van der Waals surface area contributed by atoms with Crippen LogP contribution in [0.2, 0.25) is 0 Å². The summed E-state index contributed by atoms with van der Waals surface area (Å²) < 4.78 is 5.48. The third kappa shape index (κ3) is 1.66. The van der Waals surface area contributed by atoms with Crippen molar-refractivity contribution in [2.75, 3.05) is 12.3 Å². The van der Waals surface area contributed by atoms with Gasteiger partial charge in [0.05, 0.1) is 24.4 Å². The van der Waals surface area contributed by atoms with Crippen molar-refractivity contribution in [3.05, 3.63) is 35.0 Å². The molecule has 0 radical (unpaired) electrons. The third-order valence-electron chi connectivity index (χ3n) is 3.63. The van der Waals surface area contributed by atoms with Gasteiger partial charge in [0.2, 0.25) is 0 Å². The highest BCUT2D eigenvalue weighted by Gasteiger charge is 2.18. The van der Waals surface area contributed by atoms with E-state index in [0.717, 1.165) is 40.9 Å². The van der Waals surface area contributed by atoms with E-state index in [1.165, 1.54) is 5.56 Å². The van der Waals surface area contributed by atoms with Crippen LogP contribution in [0.5, 0.6) is 0 Å². The second-order valence-corrected chi connectivity index (χ2v) is 5.15. The van der Waals surface area contributed by atoms with Gasteiger partial charge in [-0.1, -0.05) is 32.0 Å². The molecule has 18 heavy (non-hydrogen) atoms. The SMILES string of the molecule is CC(C)c1cccc2c(N)c3c(nc12)CCOC3. The van der Waals surface area contributed by atoms with Crippen molar-refractivity contribution in [3.63, 3.8) is 0 Å². The van der Waals surface area contributed by atoms with Gasteiger partial charge < -0.3 is 10.5 Å². The molecule has 94 valence electrons. The van der Waals surface area contributed by atoms with Gasteiger partial charge in [-0.2, -0.15) is 0 Å². The van der Waals surface area contributed by atoms with E-state index in [1.807, 2.05) is 0 Å². The molecule has 0 amide bonds. The monoisotopic (exact) mass is 242 g/mol. The van der Waals surface area contributed by atoms with Crippen LogP contribution >= 0.6 is 0 Å². The van der Waals surface area contributed by atoms with Gasteiger partial charge in [-0.25, -0.2) is 0 Å². The maximum Gasteiger partial charge on any atom is 0.0760 e. The predicted octanol–water partition coefficient (Wildman–Crippen LogP) is 3.01. The molecule has 2 heterocycles. The molecule has 0 saturated heterocycles. The molecule has 1 aliphatic rings. The maximum atomic E-state index is 6.29. The quantitative estimate of drug-likeness (QED) is 0.836. The number of nitrogen functional groups attached to an aromatic ring is 1. The number of benzene rings is 1. The number of hydrogen-bond donors (Lipinski definition) is 1. The molecule has 3 rings (SSSR count). The lowest BCUT2D eigenvalue weighted by molar-refractivity contribution is 0.110. The topological polar surface area (TPSA) is 48.1 Å². The molecule has 0 bridgehead atoms. The summed E-state index contributed by atoms with van der Waals surface area (Å²) in [5.41, 5.74) is 11.7. The average Bonchev–Trinajstić information content (AvgIpc) is 2.38. The molecule has 0 spiro atoms. The summed E-state index contributed by atoms with van der Waals surface area (Å²) in [6.07, 6.45) is 0.863. The van der Waals surface area contributed by atoms with Gasteiger partial charge in [0.15, 0.2) is 0 Å². The van der Waals surface area contributed by atoms with Crippen molar-refractivity contribution in [2.45, 2.75) is 32.8 Å². The fourth-order valence-corrected chi connectivity index (χ4v) is 2.60. The van der Waals surface area contributed by atoms with Crippen LogP contribution in [0.25, 0.3) is 10.9 Å². The number of nitrogens with two attached hydrogens (primary N) is 1. The second kappa shape index (κ2) is 4.25. The van der Waals surface area contributed by atoms with Gasteiger partial charge in [0, 0.05) is 23.1 Å². The summed E-state index contributed by atoms with van der Waals surface area (Å²) in [5, 5.41) is 1.06. The standard InChI is InChI=1S/C15H18N2O/c1-9(2)10-4-3-5-11-14(16)12-8-18-7-6-13(12)17-15(10)11/h3-5,9H,6-8H2,1-2H3,(H2,16,17). The van der Waals surface area contributed by atoms with E-state index in [0.29, 0.717) is 12.5 Å². The lowest BCUT2D eigenvalue weighted by atomic mass is 9.96. The van der Waals surface area contributed by atoms with Crippen LogP contribution in [-0.4, -0.2) is 11.6 Å². The lowest BCUT2D eigenvalue weighted by Gasteiger charge is -2.20. The summed E-state index contributed by atoms with van der Waals surface area (Å²) in [6, 6.07) is 6.26. The Bertz CT molecular complexity index is 605. The van der Waals surface area contributed by atoms with Crippen LogP contribution < -0.4 is 5.73 Å². The Kier molecular flexibility index (Phi) is 2.71. The van der Waals surface area contributed by atoms with Crippen LogP contribution in [0, 0.1) is 0 Å². The molecular formula is C15H18N2O. The number of anilines is 1. The van der Waals surface area contributed by atoms with Gasteiger partial charge in [-0.05, 0) is 11.5 Å². The van der Waals surface area contributed by atoms with Crippen LogP contribution in [-0.2, 0) is 17.8 Å². The molecule has 1 aliphatic heterocycles. The van der Waals surface area contributed by atoms with Gasteiger partial charge in [-0.15, -0.1) is 0 Å². The normalized spacial score (nSPS) is 15.1. The van der Waals surface area contributed by atoms with E-state index in [9.17, 15) is 0 Å². The number of aromatic nitrogens is 1. The van der Waals surface area contributed by atoms with Crippen molar-refractivity contribution in [1.29, 1.82) is 0 Å². The predicted molar refractivity (Wildman–Crippen MR) is 73.6 cm³/mol. The molecule has 0 saturated carbocycles. The molecule has 0 atom stereocenters. The highest BCUT2D eigenvalue weighted by atomic mass is 16.5. The van der Waals surface area contributed by atoms with E-state index in [-0.39, 0.29) is 0 Å². The highest BCUT2D eigenvalue weighted by molar-refractivity contribution is 5.94. The first kappa shape index (κ1) is 11.5. The molecular weight excluding hydrogens is 224 g/mol. The Morgan fingerprint density at radius 1 is 1.33 bits per heavy atom. The van der Waals surface area contributed by atoms with Crippen molar-refractivity contribution in [1.82, 2.24) is 4.98 Å². The minimum atomic E-state index is 0.457. The first-order valence-electron chi connectivity index (χ1n) is 6.46. The number of fused-ring (bicyclic) bond motifs is 2. The number of hydrogen-bond acceptors (Lipinski definition) is 3. The van der Waals surface area contributed by atoms with E-state index in [1.54, 1.807) is 0 Å². The number of pyridine rings is 1. The fraction of sp³-hybridized carbons (Fsp3) is 0.400. The number of nitrogens with zero attached hydrogens (tertiary/aromatic N) is 1. The first-order valence-corrected chi connectivity index (χ1v) is 6.46. The minimum Gasteiger partial charge on any atom is -0.398 e. The minimum absolute atomic E-state index is 0.457. The van der Waals surface area contributed by atoms with Crippen LogP contribution in [0.4, 0.5) is 5.69 Å². The molecule has 3 nitrogen and oxygen atoms in total. The Morgan fingerprint density at radius 3 is 2.94 bits per heavy atom. The molecule has 2 aromatic rings. The van der Waals surface area contributed by atoms with Gasteiger partial charge in [0.25, 0.3) is 0 Å². The Hall–Kier alpha value is -1.61. The zero-order chi connectivity index (χ0) is 12.7. The lowest BCUT2D eigenvalue weighted by Crippen LogP contribution is -2.15. The van der Waals surface area contributed by atoms with Crippen molar-refractivity contribution in [2.24, 2.45) is 0 Å². The van der Waals surface area contributed by atoms with Gasteiger partial charge in [-0.3, -0.25) is 4.98 Å². The fourth-order valence-electron chi connectivity index (χ4n) is 2.60. The van der Waals surface area contributed by atoms with E-state index in [4.69, 9.17) is 15.5 Å². The van der Waals surface area contributed by atoms with Crippen molar-refractivity contribution < 1.29 is 4.74 Å². The Labute approximate surface area is 107 Å². The zero-order valence-corrected chi connectivity index (χ0v) is 10.9. The number of para-hydroxylation sites is 1. The molecule has 3 heteroatoms. The molecule has 1 aromatic carbocycles. The van der Waals surface area contributed by atoms with Crippen LogP contribution in [0.3, 0.4) is 0 Å². The zero-order valence-electron chi connectivity index (χ0n) is 10.9. The average molecular weight is 242 g/mol. The summed E-state index contributed by atoms with van der Waals surface area (Å²) in [6.45, 7) is 5.72. The first-order chi connectivity index (χ1) is 8.68. The molecule has 0 aliphatic carbocycles. The van der Waals surface area contributed by atoms with E-state index >= 15 is 0 Å². The molecule has 0 unspecified atom stereocenters. The van der Waals surface area contributed by atoms with Crippen LogP contribution in [0.1, 0.15) is 36.6 Å². The second-order valence-electron chi connectivity index (χ2n) is 5.15. The van der Waals surface area contributed by atoms with E-state index in [2.05, 4.69) is 32.0 Å². The smallest absolute Gasteiger partial charge is 0.0760 e. The van der Waals surface area contributed by atoms with Crippen molar-refractivity contribution >= 4 is 16.6 Å². The third-order valence-corrected chi connectivity index (χ3v) is 3.63. The molecule has 2 N–H and O–H groups in total. The summed E-state index contributed by atoms with van der Waals surface area (Å²) >= 11 is 0. The summed E-state index contributed by atoms with van der Waals surface area (Å²) in [7, 11) is 0. The van der Waals surface area contributed by atoms with E-state index < -0.39 is 0 Å². The number of rotatable bonds is 1. The van der Waals surface area contributed by atoms with Gasteiger partial charge >= 0.3 is 0 Å². The Balaban J connectivity index is 2.34.